The predicted octanol–water partition coefficient (Wildman–Crippen LogP) is 2.78. The number of carboxylic acid groups (broad SMARTS) is 1. The minimum Gasteiger partial charge on any atom is -0.480 e. The average Bonchev–Trinajstić information content (AvgIpc) is 3.75. The maximum absolute atomic E-state index is 15.0. The largest absolute Gasteiger partial charge is 0.480 e. The maximum Gasteiger partial charge on any atom is 0.323 e. The lowest BCUT2D eigenvalue weighted by atomic mass is 9.74. The van der Waals surface area contributed by atoms with Crippen molar-refractivity contribution in [3.05, 3.63) is 144 Å². The highest BCUT2D eigenvalue weighted by atomic mass is 16.5. The summed E-state index contributed by atoms with van der Waals surface area (Å²) in [6, 6.07) is 29.9. The third kappa shape index (κ3) is 13.5. The summed E-state index contributed by atoms with van der Waals surface area (Å²) in [6.07, 6.45) is 5.26. The van der Waals surface area contributed by atoms with Gasteiger partial charge in [-0.1, -0.05) is 84.9 Å². The van der Waals surface area contributed by atoms with Crippen molar-refractivity contribution in [1.29, 1.82) is 0 Å². The fourth-order valence-electron chi connectivity index (χ4n) is 9.07. The Kier molecular flexibility index (Phi) is 17.3. The molecule has 17 heteroatoms. The number of carboxylic acids is 1. The molecular weight excluding hydrogens is 893 g/mol. The standard InChI is InChI=1S/C53H60N8O9/c54-22-27-70-28-24-56-50(67)43-19-23-55-46(62)17-18-48(64)61-25-6-21-53(35-61,32-37-7-2-1-3-8-37)52(69)59-44(51(68)57-33-42-10-5-4-9-39(42)31-47(63)58-43)29-36-11-13-38(14-12-36)40-15-16-45-41(30-40)20-26-60(45)34-49(65)66/h1-5,7-18,20,26,30,43-44H,6,19,21-25,27-29,31-35,54H2,(H,55,62)(H,56,67)(H,57,68)(H,58,63)(H,59,69)(H,65,66)/b18-17+/t43-,44-,53-/m0/s1. The van der Waals surface area contributed by atoms with Gasteiger partial charge >= 0.3 is 5.97 Å². The molecule has 17 nitrogen and oxygen atoms in total. The highest BCUT2D eigenvalue weighted by Gasteiger charge is 2.44. The van der Waals surface area contributed by atoms with Crippen molar-refractivity contribution in [2.75, 3.05) is 45.9 Å². The lowest BCUT2D eigenvalue weighted by molar-refractivity contribution is -0.142. The number of benzene rings is 4. The van der Waals surface area contributed by atoms with E-state index in [0.29, 0.717) is 43.7 Å². The van der Waals surface area contributed by atoms with E-state index in [1.165, 1.54) is 0 Å². The molecule has 2 aliphatic rings. The van der Waals surface area contributed by atoms with Crippen molar-refractivity contribution in [1.82, 2.24) is 36.1 Å². The van der Waals surface area contributed by atoms with Gasteiger partial charge in [0.05, 0.1) is 25.0 Å². The molecule has 3 heterocycles. The van der Waals surface area contributed by atoms with Crippen LogP contribution in [0.2, 0.25) is 0 Å². The van der Waals surface area contributed by atoms with Crippen LogP contribution in [0, 0.1) is 5.41 Å². The SMILES string of the molecule is NCCOCCNC(=O)[C@@H]1CCNC(=O)/C=C/C(=O)N2CCC[C@](Cc3ccccc3)(C2)C(=O)N[C@@H](Cc2ccc(-c3ccc4c(ccn4CC(=O)O)c3)cc2)C(=O)NCc2ccccc2CC(=O)N1. The summed E-state index contributed by atoms with van der Waals surface area (Å²) in [7, 11) is 0. The minimum absolute atomic E-state index is 0.000386. The van der Waals surface area contributed by atoms with E-state index in [1.54, 1.807) is 39.9 Å². The van der Waals surface area contributed by atoms with Crippen LogP contribution in [0.3, 0.4) is 0 Å². The number of carbonyl (C=O) groups excluding carboxylic acids is 6. The van der Waals surface area contributed by atoms with Crippen LogP contribution in [0.25, 0.3) is 22.0 Å². The van der Waals surface area contributed by atoms with Crippen LogP contribution in [-0.4, -0.2) is 114 Å². The molecule has 3 atom stereocenters. The molecule has 70 heavy (non-hydrogen) atoms. The molecule has 8 N–H and O–H groups in total. The average molecular weight is 953 g/mol. The predicted molar refractivity (Wildman–Crippen MR) is 263 cm³/mol. The van der Waals surface area contributed by atoms with E-state index in [9.17, 15) is 38.7 Å². The van der Waals surface area contributed by atoms with E-state index in [0.717, 1.165) is 45.3 Å². The molecule has 2 aliphatic heterocycles. The Labute approximate surface area is 406 Å². The highest BCUT2D eigenvalue weighted by Crippen LogP contribution is 2.35. The number of piperidine rings is 1. The van der Waals surface area contributed by atoms with E-state index < -0.39 is 58.9 Å². The number of nitrogens with zero attached hydrogens (tertiary/aromatic N) is 2. The molecule has 0 spiro atoms. The summed E-state index contributed by atoms with van der Waals surface area (Å²) in [5.41, 5.74) is 9.86. The second-order valence-electron chi connectivity index (χ2n) is 17.7. The van der Waals surface area contributed by atoms with E-state index in [1.807, 2.05) is 78.9 Å². The quantitative estimate of drug-likeness (QED) is 0.0852. The Morgan fingerprint density at radius 1 is 0.829 bits per heavy atom. The number of hydrogen-bond donors (Lipinski definition) is 7. The first-order chi connectivity index (χ1) is 33.9. The first-order valence-corrected chi connectivity index (χ1v) is 23.6. The number of aliphatic carboxylic acids is 1. The second-order valence-corrected chi connectivity index (χ2v) is 17.7. The molecule has 2 bridgehead atoms. The van der Waals surface area contributed by atoms with Gasteiger partial charge in [-0.05, 0) is 77.3 Å². The van der Waals surface area contributed by atoms with Crippen LogP contribution in [-0.2, 0) is 70.7 Å². The van der Waals surface area contributed by atoms with Gasteiger partial charge < -0.3 is 51.6 Å². The van der Waals surface area contributed by atoms with E-state index in [-0.39, 0.29) is 65.0 Å². The zero-order valence-electron chi connectivity index (χ0n) is 39.0. The van der Waals surface area contributed by atoms with Gasteiger partial charge in [0.2, 0.25) is 35.4 Å². The molecule has 0 radical (unpaired) electrons. The summed E-state index contributed by atoms with van der Waals surface area (Å²) in [6.45, 7) is 1.29. The van der Waals surface area contributed by atoms with Gasteiger partial charge in [-0.2, -0.15) is 0 Å². The smallest absolute Gasteiger partial charge is 0.323 e. The Hall–Kier alpha value is -7.63. The van der Waals surface area contributed by atoms with Crippen LogP contribution in [0.5, 0.6) is 0 Å². The van der Waals surface area contributed by atoms with Gasteiger partial charge in [0.25, 0.3) is 0 Å². The lowest BCUT2D eigenvalue weighted by Crippen LogP contribution is -2.58. The molecule has 0 aliphatic carbocycles. The van der Waals surface area contributed by atoms with Crippen LogP contribution < -0.4 is 32.3 Å². The molecule has 7 rings (SSSR count). The number of nitrogens with one attached hydrogen (secondary N) is 5. The molecule has 4 aromatic carbocycles. The first-order valence-electron chi connectivity index (χ1n) is 23.6. The Morgan fingerprint density at radius 2 is 1.59 bits per heavy atom. The summed E-state index contributed by atoms with van der Waals surface area (Å²) >= 11 is 0. The Morgan fingerprint density at radius 3 is 2.36 bits per heavy atom. The lowest BCUT2D eigenvalue weighted by Gasteiger charge is -2.42. The normalized spacial score (nSPS) is 20.1. The Balaban J connectivity index is 1.18. The number of ether oxygens (including phenoxy) is 1. The van der Waals surface area contributed by atoms with Crippen molar-refractivity contribution in [2.24, 2.45) is 11.1 Å². The summed E-state index contributed by atoms with van der Waals surface area (Å²) < 4.78 is 7.05. The fraction of sp³-hybridized carbons (Fsp3) is 0.340. The van der Waals surface area contributed by atoms with Gasteiger partial charge in [-0.15, -0.1) is 0 Å². The topological polar surface area (TPSA) is 243 Å². The van der Waals surface area contributed by atoms with Crippen molar-refractivity contribution >= 4 is 52.3 Å². The number of carbonyl (C=O) groups is 7. The van der Waals surface area contributed by atoms with Crippen molar-refractivity contribution in [3.63, 3.8) is 0 Å². The second kappa shape index (κ2) is 24.1. The third-order valence-corrected chi connectivity index (χ3v) is 12.7. The van der Waals surface area contributed by atoms with Gasteiger partial charge in [0, 0.05) is 74.9 Å². The van der Waals surface area contributed by atoms with Crippen LogP contribution in [0.1, 0.15) is 41.5 Å². The fourth-order valence-corrected chi connectivity index (χ4v) is 9.07. The molecule has 0 saturated carbocycles. The number of hydrogen-bond acceptors (Lipinski definition) is 9. The zero-order valence-corrected chi connectivity index (χ0v) is 39.0. The van der Waals surface area contributed by atoms with Crippen molar-refractivity contribution < 1.29 is 43.4 Å². The van der Waals surface area contributed by atoms with Crippen molar-refractivity contribution in [3.8, 4) is 11.1 Å². The van der Waals surface area contributed by atoms with Crippen LogP contribution >= 0.6 is 0 Å². The Bertz CT molecular complexity index is 2700. The molecular formula is C53H60N8O9. The van der Waals surface area contributed by atoms with E-state index >= 15 is 0 Å². The van der Waals surface area contributed by atoms with Gasteiger partial charge in [-0.25, -0.2) is 0 Å². The van der Waals surface area contributed by atoms with E-state index in [4.69, 9.17) is 10.5 Å². The minimum atomic E-state index is -1.14. The monoisotopic (exact) mass is 952 g/mol. The van der Waals surface area contributed by atoms with Crippen LogP contribution in [0.4, 0.5) is 0 Å². The molecule has 1 fully saturated rings. The van der Waals surface area contributed by atoms with Gasteiger partial charge in [0.1, 0.15) is 18.6 Å². The first kappa shape index (κ1) is 50.3. The van der Waals surface area contributed by atoms with Gasteiger partial charge in [0.15, 0.2) is 0 Å². The molecule has 0 unspecified atom stereocenters. The third-order valence-electron chi connectivity index (χ3n) is 12.7. The molecule has 1 aromatic heterocycles. The number of fused-ring (bicyclic) bond motifs is 4. The summed E-state index contributed by atoms with van der Waals surface area (Å²) in [4.78, 5) is 96.2. The number of amides is 6. The van der Waals surface area contributed by atoms with Gasteiger partial charge in [-0.3, -0.25) is 33.6 Å². The molecule has 366 valence electrons. The highest BCUT2D eigenvalue weighted by molar-refractivity contribution is 5.97. The molecule has 1 saturated heterocycles. The summed E-state index contributed by atoms with van der Waals surface area (Å²) in [5.74, 6) is -3.77. The number of nitrogens with two attached hydrogens (primary N) is 1. The van der Waals surface area contributed by atoms with E-state index in [2.05, 4.69) is 26.6 Å². The van der Waals surface area contributed by atoms with Crippen molar-refractivity contribution in [2.45, 2.75) is 63.7 Å². The number of aromatic nitrogens is 1. The maximum atomic E-state index is 15.0. The molecule has 5 aromatic rings. The van der Waals surface area contributed by atoms with Crippen LogP contribution in [0.15, 0.2) is 121 Å². The molecule has 6 amide bonds. The summed E-state index contributed by atoms with van der Waals surface area (Å²) in [5, 5.41) is 24.6. The zero-order chi connectivity index (χ0) is 49.5. The number of rotatable bonds is 13.